The molecule has 2 fully saturated rings. The molecule has 0 spiro atoms. The lowest BCUT2D eigenvalue weighted by Gasteiger charge is -2.34. The minimum absolute atomic E-state index is 0.333. The lowest BCUT2D eigenvalue weighted by molar-refractivity contribution is 0.111. The average Bonchev–Trinajstić information content (AvgIpc) is 2.89. The summed E-state index contributed by atoms with van der Waals surface area (Å²) in [7, 11) is 0. The van der Waals surface area contributed by atoms with E-state index in [1.807, 2.05) is 12.1 Å². The summed E-state index contributed by atoms with van der Waals surface area (Å²) in [5, 5.41) is 13.0. The fraction of sp³-hybridized carbons (Fsp3) is 0.364. The second kappa shape index (κ2) is 9.43. The van der Waals surface area contributed by atoms with Crippen LogP contribution in [0, 0.1) is 0 Å². The summed E-state index contributed by atoms with van der Waals surface area (Å²) in [6.45, 7) is 4.68. The van der Waals surface area contributed by atoms with Crippen LogP contribution in [0.15, 0.2) is 30.6 Å². The van der Waals surface area contributed by atoms with Crippen molar-refractivity contribution in [1.82, 2.24) is 24.8 Å². The fourth-order valence-corrected chi connectivity index (χ4v) is 4.08. The van der Waals surface area contributed by atoms with Crippen LogP contribution in [0.25, 0.3) is 10.9 Å². The van der Waals surface area contributed by atoms with Gasteiger partial charge in [0.15, 0.2) is 12.1 Å². The standard InChI is InChI=1S/C22H24N8O4/c31-14-16-11-15-12-24-21(27-19(15)20(25-16)29-7-9-34-10-8-29)26-18-2-1-17(13-23-18)28-3-5-30(6-4-28)22(32)33/h1-2,11-14H,3-10H2,(H,32,33)(H,23,24,26,27). The van der Waals surface area contributed by atoms with Crippen molar-refractivity contribution in [3.63, 3.8) is 0 Å². The van der Waals surface area contributed by atoms with Crippen molar-refractivity contribution >= 4 is 46.6 Å². The van der Waals surface area contributed by atoms with Gasteiger partial charge in [-0.2, -0.15) is 0 Å². The van der Waals surface area contributed by atoms with Gasteiger partial charge in [0.05, 0.1) is 25.1 Å². The first-order valence-corrected chi connectivity index (χ1v) is 11.0. The number of anilines is 4. The zero-order valence-electron chi connectivity index (χ0n) is 18.4. The molecule has 2 N–H and O–H groups in total. The van der Waals surface area contributed by atoms with Gasteiger partial charge >= 0.3 is 6.09 Å². The van der Waals surface area contributed by atoms with Gasteiger partial charge in [0, 0.05) is 50.9 Å². The predicted molar refractivity (Wildman–Crippen MR) is 125 cm³/mol. The Labute approximate surface area is 195 Å². The zero-order valence-corrected chi connectivity index (χ0v) is 18.4. The van der Waals surface area contributed by atoms with Crippen molar-refractivity contribution in [2.75, 3.05) is 67.6 Å². The van der Waals surface area contributed by atoms with Crippen molar-refractivity contribution in [2.24, 2.45) is 0 Å². The molecule has 2 saturated heterocycles. The number of carbonyl (C=O) groups is 2. The van der Waals surface area contributed by atoms with Crippen LogP contribution in [0.4, 0.5) is 28.1 Å². The van der Waals surface area contributed by atoms with Crippen LogP contribution in [0.5, 0.6) is 0 Å². The number of amides is 1. The molecule has 12 nitrogen and oxygen atoms in total. The van der Waals surface area contributed by atoms with Crippen molar-refractivity contribution in [1.29, 1.82) is 0 Å². The minimum atomic E-state index is -0.887. The van der Waals surface area contributed by atoms with Gasteiger partial charge in [0.1, 0.15) is 17.0 Å². The number of aldehydes is 1. The van der Waals surface area contributed by atoms with Gasteiger partial charge in [-0.3, -0.25) is 4.79 Å². The molecular weight excluding hydrogens is 440 g/mol. The summed E-state index contributed by atoms with van der Waals surface area (Å²) in [5.41, 5.74) is 1.91. The van der Waals surface area contributed by atoms with E-state index in [-0.39, 0.29) is 0 Å². The van der Waals surface area contributed by atoms with Crippen LogP contribution in [0.2, 0.25) is 0 Å². The molecular formula is C22H24N8O4. The highest BCUT2D eigenvalue weighted by Crippen LogP contribution is 2.26. The van der Waals surface area contributed by atoms with Crippen LogP contribution < -0.4 is 15.1 Å². The van der Waals surface area contributed by atoms with Crippen LogP contribution in [0.3, 0.4) is 0 Å². The fourth-order valence-electron chi connectivity index (χ4n) is 4.08. The number of piperazine rings is 1. The number of fused-ring (bicyclic) bond motifs is 1. The van der Waals surface area contributed by atoms with E-state index >= 15 is 0 Å². The Balaban J connectivity index is 1.34. The number of ether oxygens (including phenoxy) is 1. The second-order valence-corrected chi connectivity index (χ2v) is 8.00. The molecule has 0 aromatic carbocycles. The summed E-state index contributed by atoms with van der Waals surface area (Å²) >= 11 is 0. The maximum atomic E-state index is 11.4. The molecule has 0 saturated carbocycles. The number of carbonyl (C=O) groups excluding carboxylic acids is 1. The zero-order chi connectivity index (χ0) is 23.5. The molecule has 0 unspecified atom stereocenters. The van der Waals surface area contributed by atoms with Gasteiger partial charge < -0.3 is 29.9 Å². The Bertz CT molecular complexity index is 1190. The average molecular weight is 464 g/mol. The molecule has 0 radical (unpaired) electrons. The van der Waals surface area contributed by atoms with Crippen LogP contribution in [-0.4, -0.2) is 94.8 Å². The van der Waals surface area contributed by atoms with Gasteiger partial charge in [-0.25, -0.2) is 24.7 Å². The summed E-state index contributed by atoms with van der Waals surface area (Å²) in [6.07, 6.45) is 3.25. The molecule has 5 rings (SSSR count). The molecule has 0 aliphatic carbocycles. The number of morpholine rings is 1. The lowest BCUT2D eigenvalue weighted by atomic mass is 10.2. The number of pyridine rings is 2. The summed E-state index contributed by atoms with van der Waals surface area (Å²) in [5.74, 6) is 1.59. The number of rotatable bonds is 5. The molecule has 5 heterocycles. The van der Waals surface area contributed by atoms with E-state index in [9.17, 15) is 9.59 Å². The number of nitrogens with one attached hydrogen (secondary N) is 1. The van der Waals surface area contributed by atoms with Gasteiger partial charge in [-0.1, -0.05) is 0 Å². The molecule has 0 atom stereocenters. The number of nitrogens with zero attached hydrogens (tertiary/aromatic N) is 7. The molecule has 34 heavy (non-hydrogen) atoms. The number of hydrogen-bond acceptors (Lipinski definition) is 10. The maximum absolute atomic E-state index is 11.4. The van der Waals surface area contributed by atoms with Crippen molar-refractivity contribution in [3.8, 4) is 0 Å². The van der Waals surface area contributed by atoms with E-state index in [1.54, 1.807) is 18.5 Å². The molecule has 3 aromatic heterocycles. The van der Waals surface area contributed by atoms with E-state index in [0.717, 1.165) is 17.4 Å². The van der Waals surface area contributed by atoms with Crippen molar-refractivity contribution in [2.45, 2.75) is 0 Å². The third-order valence-electron chi connectivity index (χ3n) is 5.90. The Hall–Kier alpha value is -4.06. The molecule has 2 aliphatic heterocycles. The minimum Gasteiger partial charge on any atom is -0.465 e. The highest BCUT2D eigenvalue weighted by molar-refractivity contribution is 5.93. The monoisotopic (exact) mass is 464 g/mol. The maximum Gasteiger partial charge on any atom is 0.407 e. The Kier molecular flexibility index (Phi) is 6.04. The first-order valence-electron chi connectivity index (χ1n) is 11.0. The van der Waals surface area contributed by atoms with Gasteiger partial charge in [0.25, 0.3) is 0 Å². The van der Waals surface area contributed by atoms with E-state index in [2.05, 4.69) is 35.1 Å². The molecule has 2 aliphatic rings. The SMILES string of the molecule is O=Cc1cc2cnc(Nc3ccc(N4CCN(C(=O)O)CC4)cn3)nc2c(N2CCOCC2)n1. The topological polar surface area (TPSA) is 137 Å². The van der Waals surface area contributed by atoms with Crippen LogP contribution in [-0.2, 0) is 4.74 Å². The van der Waals surface area contributed by atoms with E-state index in [1.165, 1.54) is 4.90 Å². The highest BCUT2D eigenvalue weighted by atomic mass is 16.5. The van der Waals surface area contributed by atoms with Gasteiger partial charge in [-0.05, 0) is 18.2 Å². The summed E-state index contributed by atoms with van der Waals surface area (Å²) in [4.78, 5) is 46.1. The van der Waals surface area contributed by atoms with Crippen LogP contribution in [0.1, 0.15) is 10.5 Å². The number of aromatic nitrogens is 4. The van der Waals surface area contributed by atoms with Crippen LogP contribution >= 0.6 is 0 Å². The lowest BCUT2D eigenvalue weighted by Crippen LogP contribution is -2.48. The van der Waals surface area contributed by atoms with Gasteiger partial charge in [0.2, 0.25) is 5.95 Å². The Morgan fingerprint density at radius 3 is 2.47 bits per heavy atom. The van der Waals surface area contributed by atoms with Crippen molar-refractivity contribution < 1.29 is 19.4 Å². The number of hydrogen-bond donors (Lipinski definition) is 2. The smallest absolute Gasteiger partial charge is 0.407 e. The third-order valence-corrected chi connectivity index (χ3v) is 5.90. The molecule has 176 valence electrons. The molecule has 1 amide bonds. The summed E-state index contributed by atoms with van der Waals surface area (Å²) < 4.78 is 5.44. The van der Waals surface area contributed by atoms with E-state index < -0.39 is 6.09 Å². The van der Waals surface area contributed by atoms with Crippen molar-refractivity contribution in [3.05, 3.63) is 36.3 Å². The van der Waals surface area contributed by atoms with Gasteiger partial charge in [-0.15, -0.1) is 0 Å². The Morgan fingerprint density at radius 2 is 1.79 bits per heavy atom. The number of carboxylic acid groups (broad SMARTS) is 1. The first kappa shape index (κ1) is 21.8. The highest BCUT2D eigenvalue weighted by Gasteiger charge is 2.21. The largest absolute Gasteiger partial charge is 0.465 e. The first-order chi connectivity index (χ1) is 16.6. The quantitative estimate of drug-likeness (QED) is 0.533. The van der Waals surface area contributed by atoms with E-state index in [4.69, 9.17) is 9.84 Å². The normalized spacial score (nSPS) is 16.5. The summed E-state index contributed by atoms with van der Waals surface area (Å²) in [6, 6.07) is 5.44. The molecule has 12 heteroatoms. The Morgan fingerprint density at radius 1 is 1.00 bits per heavy atom. The molecule has 0 bridgehead atoms. The third kappa shape index (κ3) is 4.53. The predicted octanol–water partition coefficient (Wildman–Crippen LogP) is 1.61. The second-order valence-electron chi connectivity index (χ2n) is 8.00. The van der Waals surface area contributed by atoms with E-state index in [0.29, 0.717) is 81.3 Å². The molecule has 3 aromatic rings.